The molecule has 0 radical (unpaired) electrons. The minimum Gasteiger partial charge on any atom is -0.384 e. The number of anilines is 2. The average Bonchev–Trinajstić information content (AvgIpc) is 3.16. The molecule has 2 aliphatic heterocycles. The third-order valence-corrected chi connectivity index (χ3v) is 6.52. The molecular formula is C15H26N6O2S. The molecule has 0 spiro atoms. The lowest BCUT2D eigenvalue weighted by molar-refractivity contribution is 0.355. The van der Waals surface area contributed by atoms with Gasteiger partial charge < -0.3 is 10.6 Å². The lowest BCUT2D eigenvalue weighted by Gasteiger charge is -2.25. The van der Waals surface area contributed by atoms with Crippen LogP contribution in [0.1, 0.15) is 26.7 Å². The summed E-state index contributed by atoms with van der Waals surface area (Å²) in [6.07, 6.45) is 3.49. The fourth-order valence-corrected chi connectivity index (χ4v) is 5.02. The maximum atomic E-state index is 12.6. The number of hydrogen-bond donors (Lipinski definition) is 2. The van der Waals surface area contributed by atoms with Crippen molar-refractivity contribution in [3.63, 3.8) is 0 Å². The lowest BCUT2D eigenvalue weighted by Crippen LogP contribution is -2.48. The van der Waals surface area contributed by atoms with E-state index in [1.54, 1.807) is 16.6 Å². The van der Waals surface area contributed by atoms with Gasteiger partial charge in [-0.05, 0) is 30.7 Å². The molecule has 9 heteroatoms. The van der Waals surface area contributed by atoms with Crippen molar-refractivity contribution in [2.24, 2.45) is 11.8 Å². The van der Waals surface area contributed by atoms with E-state index >= 15 is 0 Å². The maximum Gasteiger partial charge on any atom is 0.279 e. The number of nitrogens with zero attached hydrogens (tertiary/aromatic N) is 4. The Hall–Kier alpha value is -1.45. The number of rotatable bonds is 5. The standard InChI is InChI=1S/C15H26N6O2S/c1-11(2)12-9-20(15-17-6-5-14(16)18-15)10-13(12)19-24(22,23)21-7-3-4-8-21/h5-6,11-13,19H,3-4,7-10H2,1-2H3,(H2,16,17,18)/t12-,13+/m0/s1. The normalized spacial score (nSPS) is 25.7. The zero-order valence-corrected chi connectivity index (χ0v) is 15.0. The van der Waals surface area contributed by atoms with Crippen LogP contribution >= 0.6 is 0 Å². The molecule has 1 aromatic rings. The van der Waals surface area contributed by atoms with Gasteiger partial charge >= 0.3 is 0 Å². The predicted octanol–water partition coefficient (Wildman–Crippen LogP) is 0.450. The minimum absolute atomic E-state index is 0.152. The van der Waals surface area contributed by atoms with Gasteiger partial charge in [0, 0.05) is 38.4 Å². The summed E-state index contributed by atoms with van der Waals surface area (Å²) in [5, 5.41) is 0. The number of nitrogen functional groups attached to an aromatic ring is 1. The van der Waals surface area contributed by atoms with E-state index in [2.05, 4.69) is 28.5 Å². The first-order chi connectivity index (χ1) is 11.4. The van der Waals surface area contributed by atoms with Crippen LogP contribution in [0.5, 0.6) is 0 Å². The molecule has 1 aromatic heterocycles. The van der Waals surface area contributed by atoms with E-state index in [9.17, 15) is 8.42 Å². The highest BCUT2D eigenvalue weighted by molar-refractivity contribution is 7.87. The van der Waals surface area contributed by atoms with Crippen molar-refractivity contribution in [3.8, 4) is 0 Å². The summed E-state index contributed by atoms with van der Waals surface area (Å²) in [4.78, 5) is 10.5. The number of nitrogens with two attached hydrogens (primary N) is 1. The van der Waals surface area contributed by atoms with Gasteiger partial charge in [0.15, 0.2) is 0 Å². The first-order valence-electron chi connectivity index (χ1n) is 8.47. The molecule has 3 heterocycles. The molecule has 0 unspecified atom stereocenters. The molecule has 134 valence electrons. The maximum absolute atomic E-state index is 12.6. The van der Waals surface area contributed by atoms with Gasteiger partial charge in [-0.25, -0.2) is 4.98 Å². The summed E-state index contributed by atoms with van der Waals surface area (Å²) in [6.45, 7) is 6.72. The van der Waals surface area contributed by atoms with Gasteiger partial charge in [0.05, 0.1) is 0 Å². The second-order valence-electron chi connectivity index (χ2n) is 6.93. The number of aromatic nitrogens is 2. The summed E-state index contributed by atoms with van der Waals surface area (Å²) < 4.78 is 29.7. The van der Waals surface area contributed by atoms with Gasteiger partial charge in [-0.2, -0.15) is 22.4 Å². The van der Waals surface area contributed by atoms with Gasteiger partial charge in [0.2, 0.25) is 5.95 Å². The van der Waals surface area contributed by atoms with Crippen LogP contribution in [0, 0.1) is 11.8 Å². The molecule has 2 atom stereocenters. The number of nitrogens with one attached hydrogen (secondary N) is 1. The minimum atomic E-state index is -3.43. The van der Waals surface area contributed by atoms with Crippen molar-refractivity contribution in [1.82, 2.24) is 19.0 Å². The largest absolute Gasteiger partial charge is 0.384 e. The van der Waals surface area contributed by atoms with E-state index < -0.39 is 10.2 Å². The molecule has 2 saturated heterocycles. The van der Waals surface area contributed by atoms with Crippen LogP contribution < -0.4 is 15.4 Å². The Kier molecular flexibility index (Phi) is 4.93. The van der Waals surface area contributed by atoms with Gasteiger partial charge in [0.25, 0.3) is 10.2 Å². The summed E-state index contributed by atoms with van der Waals surface area (Å²) in [7, 11) is -3.43. The average molecular weight is 354 g/mol. The van der Waals surface area contributed by atoms with Gasteiger partial charge in [-0.3, -0.25) is 0 Å². The van der Waals surface area contributed by atoms with E-state index in [0.29, 0.717) is 43.9 Å². The SMILES string of the molecule is CC(C)[C@@H]1CN(c2nccc(N)n2)C[C@H]1NS(=O)(=O)N1CCCC1. The molecule has 0 amide bonds. The Labute approximate surface area is 143 Å². The Morgan fingerprint density at radius 2 is 2.00 bits per heavy atom. The van der Waals surface area contributed by atoms with Crippen molar-refractivity contribution < 1.29 is 8.42 Å². The quantitative estimate of drug-likeness (QED) is 0.795. The van der Waals surface area contributed by atoms with Gasteiger partial charge in [-0.1, -0.05) is 13.8 Å². The highest BCUT2D eigenvalue weighted by Crippen LogP contribution is 2.28. The zero-order valence-electron chi connectivity index (χ0n) is 14.2. The monoisotopic (exact) mass is 354 g/mol. The fraction of sp³-hybridized carbons (Fsp3) is 0.733. The highest BCUT2D eigenvalue weighted by atomic mass is 32.2. The second kappa shape index (κ2) is 6.81. The molecule has 24 heavy (non-hydrogen) atoms. The van der Waals surface area contributed by atoms with E-state index in [0.717, 1.165) is 12.8 Å². The van der Waals surface area contributed by atoms with Crippen LogP contribution in [0.3, 0.4) is 0 Å². The third kappa shape index (κ3) is 3.62. The topological polar surface area (TPSA) is 104 Å². The Bertz CT molecular complexity index is 674. The molecular weight excluding hydrogens is 328 g/mol. The highest BCUT2D eigenvalue weighted by Gasteiger charge is 2.39. The molecule has 3 rings (SSSR count). The predicted molar refractivity (Wildman–Crippen MR) is 93.6 cm³/mol. The Morgan fingerprint density at radius 3 is 2.62 bits per heavy atom. The molecule has 2 fully saturated rings. The van der Waals surface area contributed by atoms with Crippen LogP contribution in [0.25, 0.3) is 0 Å². The Morgan fingerprint density at radius 1 is 1.29 bits per heavy atom. The first-order valence-corrected chi connectivity index (χ1v) is 9.91. The third-order valence-electron chi connectivity index (χ3n) is 4.87. The zero-order chi connectivity index (χ0) is 17.3. The smallest absolute Gasteiger partial charge is 0.279 e. The van der Waals surface area contributed by atoms with Crippen LogP contribution in [0.15, 0.2) is 12.3 Å². The van der Waals surface area contributed by atoms with E-state index in [1.165, 1.54) is 0 Å². The molecule has 3 N–H and O–H groups in total. The Balaban J connectivity index is 1.76. The summed E-state index contributed by atoms with van der Waals surface area (Å²) >= 11 is 0. The molecule has 2 aliphatic rings. The first kappa shape index (κ1) is 17.4. The van der Waals surface area contributed by atoms with Crippen molar-refractivity contribution in [3.05, 3.63) is 12.3 Å². The van der Waals surface area contributed by atoms with Crippen molar-refractivity contribution in [1.29, 1.82) is 0 Å². The van der Waals surface area contributed by atoms with Crippen LogP contribution in [0.2, 0.25) is 0 Å². The van der Waals surface area contributed by atoms with Crippen molar-refractivity contribution in [2.45, 2.75) is 32.7 Å². The van der Waals surface area contributed by atoms with E-state index in [1.807, 2.05) is 4.90 Å². The van der Waals surface area contributed by atoms with Gasteiger partial charge in [0.1, 0.15) is 5.82 Å². The van der Waals surface area contributed by atoms with Crippen LogP contribution in [-0.2, 0) is 10.2 Å². The molecule has 0 bridgehead atoms. The summed E-state index contributed by atoms with van der Waals surface area (Å²) in [5.41, 5.74) is 5.74. The molecule has 0 aliphatic carbocycles. The summed E-state index contributed by atoms with van der Waals surface area (Å²) in [6, 6.07) is 1.49. The van der Waals surface area contributed by atoms with Crippen molar-refractivity contribution in [2.75, 3.05) is 36.8 Å². The summed E-state index contributed by atoms with van der Waals surface area (Å²) in [5.74, 6) is 1.53. The van der Waals surface area contributed by atoms with Crippen molar-refractivity contribution >= 4 is 22.0 Å². The molecule has 0 aromatic carbocycles. The van der Waals surface area contributed by atoms with E-state index in [4.69, 9.17) is 5.73 Å². The molecule has 0 saturated carbocycles. The van der Waals surface area contributed by atoms with Crippen LogP contribution in [0.4, 0.5) is 11.8 Å². The number of hydrogen-bond acceptors (Lipinski definition) is 6. The lowest BCUT2D eigenvalue weighted by atomic mass is 9.92. The molecule has 8 nitrogen and oxygen atoms in total. The fourth-order valence-electron chi connectivity index (χ4n) is 3.50. The van der Waals surface area contributed by atoms with E-state index in [-0.39, 0.29) is 12.0 Å². The van der Waals surface area contributed by atoms with Crippen LogP contribution in [-0.4, -0.2) is 54.9 Å². The van der Waals surface area contributed by atoms with Gasteiger partial charge in [-0.15, -0.1) is 0 Å². The second-order valence-corrected chi connectivity index (χ2v) is 8.63.